The molecule has 0 aliphatic heterocycles. The number of ether oxygens (including phenoxy) is 3. The number of amides is 1. The molecular formula is C24H25N3O6. The highest BCUT2D eigenvalue weighted by molar-refractivity contribution is 5.97. The van der Waals surface area contributed by atoms with E-state index in [2.05, 4.69) is 10.4 Å². The maximum Gasteiger partial charge on any atom is 0.435 e. The largest absolute Gasteiger partial charge is 0.464 e. The predicted molar refractivity (Wildman–Crippen MR) is 121 cm³/mol. The Kier molecular flexibility index (Phi) is 7.12. The minimum atomic E-state index is -0.797. The van der Waals surface area contributed by atoms with Gasteiger partial charge in [-0.05, 0) is 50.1 Å². The second kappa shape index (κ2) is 9.99. The molecule has 0 atom stereocenters. The number of hydrogen-bond acceptors (Lipinski definition) is 7. The number of fused-ring (bicyclic) bond motifs is 1. The van der Waals surface area contributed by atoms with Gasteiger partial charge in [0.1, 0.15) is 17.9 Å². The third-order valence-corrected chi connectivity index (χ3v) is 4.32. The lowest BCUT2D eigenvalue weighted by molar-refractivity contribution is -0.136. The number of aromatic nitrogens is 2. The summed E-state index contributed by atoms with van der Waals surface area (Å²) in [6, 6.07) is 14.2. The Hall–Kier alpha value is -4.14. The number of benzene rings is 2. The maximum atomic E-state index is 12.4. The van der Waals surface area contributed by atoms with Crippen molar-refractivity contribution in [3.63, 3.8) is 0 Å². The molecule has 3 aromatic rings. The van der Waals surface area contributed by atoms with Gasteiger partial charge in [0.05, 0.1) is 18.8 Å². The van der Waals surface area contributed by atoms with Crippen LogP contribution in [0.4, 0.5) is 9.59 Å². The van der Waals surface area contributed by atoms with Gasteiger partial charge in [-0.15, -0.1) is 0 Å². The third kappa shape index (κ3) is 6.42. The lowest BCUT2D eigenvalue weighted by atomic mass is 10.1. The summed E-state index contributed by atoms with van der Waals surface area (Å²) in [5, 5.41) is 7.15. The molecule has 0 bridgehead atoms. The Morgan fingerprint density at radius 3 is 2.48 bits per heavy atom. The molecule has 0 saturated carbocycles. The molecule has 0 radical (unpaired) electrons. The number of esters is 1. The molecular weight excluding hydrogens is 426 g/mol. The van der Waals surface area contributed by atoms with Crippen LogP contribution in [0.3, 0.4) is 0 Å². The molecule has 1 N–H and O–H groups in total. The molecule has 0 saturated heterocycles. The number of carbonyl (C=O) groups is 3. The molecule has 0 spiro atoms. The zero-order valence-electron chi connectivity index (χ0n) is 18.8. The number of alkyl carbamates (subject to hydrolysis) is 1. The second-order valence-corrected chi connectivity index (χ2v) is 8.09. The van der Waals surface area contributed by atoms with E-state index in [1.54, 1.807) is 39.0 Å². The van der Waals surface area contributed by atoms with Crippen LogP contribution in [-0.2, 0) is 25.6 Å². The average Bonchev–Trinajstić information content (AvgIpc) is 3.20. The van der Waals surface area contributed by atoms with E-state index < -0.39 is 23.8 Å². The highest BCUT2D eigenvalue weighted by Gasteiger charge is 2.20. The molecule has 33 heavy (non-hydrogen) atoms. The fourth-order valence-electron chi connectivity index (χ4n) is 2.88. The zero-order valence-corrected chi connectivity index (χ0v) is 18.8. The van der Waals surface area contributed by atoms with Gasteiger partial charge in [0.15, 0.2) is 0 Å². The maximum absolute atomic E-state index is 12.4. The van der Waals surface area contributed by atoms with E-state index in [1.807, 2.05) is 30.3 Å². The summed E-state index contributed by atoms with van der Waals surface area (Å²) in [6.45, 7) is 5.36. The van der Waals surface area contributed by atoms with Crippen LogP contribution >= 0.6 is 0 Å². The molecule has 1 amide bonds. The zero-order chi connectivity index (χ0) is 24.0. The van der Waals surface area contributed by atoms with Crippen molar-refractivity contribution >= 4 is 35.1 Å². The van der Waals surface area contributed by atoms with Crippen LogP contribution in [-0.4, -0.2) is 40.6 Å². The number of nitrogens with one attached hydrogen (secondary N) is 1. The number of rotatable bonds is 5. The standard InChI is InChI=1S/C24H25N3O6/c1-24(2,3)33-23(30)27-20-11-10-17(12-18(20)14-25-27)13-19(21(28)31-4)26-22(29)32-15-16-8-6-5-7-9-16/h5-14H,15H2,1-4H3,(H,26,29)/b19-13+. The van der Waals surface area contributed by atoms with Crippen molar-refractivity contribution in [3.8, 4) is 0 Å². The lowest BCUT2D eigenvalue weighted by Crippen LogP contribution is -2.28. The van der Waals surface area contributed by atoms with Gasteiger partial charge in [-0.25, -0.2) is 14.4 Å². The Balaban J connectivity index is 1.78. The molecule has 9 nitrogen and oxygen atoms in total. The van der Waals surface area contributed by atoms with E-state index in [0.29, 0.717) is 16.5 Å². The molecule has 0 unspecified atom stereocenters. The van der Waals surface area contributed by atoms with Gasteiger partial charge >= 0.3 is 18.2 Å². The van der Waals surface area contributed by atoms with E-state index in [0.717, 1.165) is 10.2 Å². The normalized spacial score (nSPS) is 11.7. The van der Waals surface area contributed by atoms with Gasteiger partial charge in [-0.1, -0.05) is 36.4 Å². The van der Waals surface area contributed by atoms with Crippen molar-refractivity contribution in [1.29, 1.82) is 0 Å². The Morgan fingerprint density at radius 1 is 1.09 bits per heavy atom. The molecule has 0 aliphatic carbocycles. The first-order valence-corrected chi connectivity index (χ1v) is 10.1. The van der Waals surface area contributed by atoms with E-state index >= 15 is 0 Å². The van der Waals surface area contributed by atoms with E-state index in [4.69, 9.17) is 14.2 Å². The number of nitrogens with zero attached hydrogens (tertiary/aromatic N) is 2. The van der Waals surface area contributed by atoms with Gasteiger partial charge in [0.25, 0.3) is 0 Å². The summed E-state index contributed by atoms with van der Waals surface area (Å²) in [5.41, 5.74) is 1.17. The molecule has 1 heterocycles. The van der Waals surface area contributed by atoms with Crippen molar-refractivity contribution in [3.05, 3.63) is 71.6 Å². The fraction of sp³-hybridized carbons (Fsp3) is 0.250. The topological polar surface area (TPSA) is 109 Å². The molecule has 172 valence electrons. The molecule has 9 heteroatoms. The van der Waals surface area contributed by atoms with Crippen molar-refractivity contribution in [2.24, 2.45) is 0 Å². The first-order chi connectivity index (χ1) is 15.7. The smallest absolute Gasteiger partial charge is 0.435 e. The van der Waals surface area contributed by atoms with Gasteiger partial charge in [0, 0.05) is 5.39 Å². The van der Waals surface area contributed by atoms with Gasteiger partial charge in [-0.3, -0.25) is 5.32 Å². The van der Waals surface area contributed by atoms with Crippen LogP contribution in [0.1, 0.15) is 31.9 Å². The van der Waals surface area contributed by atoms with Crippen LogP contribution < -0.4 is 5.32 Å². The predicted octanol–water partition coefficient (Wildman–Crippen LogP) is 4.26. The van der Waals surface area contributed by atoms with Crippen LogP contribution in [0.25, 0.3) is 17.0 Å². The molecule has 2 aromatic carbocycles. The van der Waals surface area contributed by atoms with Crippen LogP contribution in [0, 0.1) is 0 Å². The Morgan fingerprint density at radius 2 is 1.82 bits per heavy atom. The molecule has 0 fully saturated rings. The minimum absolute atomic E-state index is 0.0525. The number of methoxy groups -OCH3 is 1. The Labute approximate surface area is 190 Å². The first-order valence-electron chi connectivity index (χ1n) is 10.1. The highest BCUT2D eigenvalue weighted by Crippen LogP contribution is 2.19. The summed E-state index contributed by atoms with van der Waals surface area (Å²) in [5.74, 6) is -0.740. The van der Waals surface area contributed by atoms with Crippen LogP contribution in [0.15, 0.2) is 60.4 Å². The van der Waals surface area contributed by atoms with Gasteiger partial charge in [0.2, 0.25) is 0 Å². The summed E-state index contributed by atoms with van der Waals surface area (Å²) >= 11 is 0. The first kappa shape index (κ1) is 23.5. The minimum Gasteiger partial charge on any atom is -0.464 e. The van der Waals surface area contributed by atoms with Crippen molar-refractivity contribution in [2.45, 2.75) is 33.0 Å². The fourth-order valence-corrected chi connectivity index (χ4v) is 2.88. The molecule has 0 aliphatic rings. The van der Waals surface area contributed by atoms with E-state index in [1.165, 1.54) is 19.4 Å². The van der Waals surface area contributed by atoms with Crippen LogP contribution in [0.5, 0.6) is 0 Å². The molecule has 3 rings (SSSR count). The van der Waals surface area contributed by atoms with Crippen molar-refractivity contribution in [2.75, 3.05) is 7.11 Å². The van der Waals surface area contributed by atoms with Gasteiger partial charge < -0.3 is 14.2 Å². The quantitative estimate of drug-likeness (QED) is 0.351. The Bertz CT molecular complexity index is 1190. The summed E-state index contributed by atoms with van der Waals surface area (Å²) in [6.07, 6.45) is 1.56. The lowest BCUT2D eigenvalue weighted by Gasteiger charge is -2.19. The van der Waals surface area contributed by atoms with Crippen molar-refractivity contribution in [1.82, 2.24) is 15.1 Å². The third-order valence-electron chi connectivity index (χ3n) is 4.32. The number of carbonyl (C=O) groups excluding carboxylic acids is 3. The summed E-state index contributed by atoms with van der Waals surface area (Å²) in [4.78, 5) is 36.7. The average molecular weight is 451 g/mol. The van der Waals surface area contributed by atoms with Gasteiger partial charge in [-0.2, -0.15) is 9.78 Å². The number of hydrogen-bond donors (Lipinski definition) is 1. The van der Waals surface area contributed by atoms with E-state index in [9.17, 15) is 14.4 Å². The monoisotopic (exact) mass is 451 g/mol. The molecule has 1 aromatic heterocycles. The second-order valence-electron chi connectivity index (χ2n) is 8.09. The highest BCUT2D eigenvalue weighted by atomic mass is 16.6. The summed E-state index contributed by atoms with van der Waals surface area (Å²) in [7, 11) is 1.21. The SMILES string of the molecule is COC(=O)/C(=C\c1ccc2c(cnn2C(=O)OC(C)(C)C)c1)NC(=O)OCc1ccccc1. The van der Waals surface area contributed by atoms with E-state index in [-0.39, 0.29) is 12.3 Å². The van der Waals surface area contributed by atoms with Crippen LogP contribution in [0.2, 0.25) is 0 Å². The van der Waals surface area contributed by atoms with Crippen molar-refractivity contribution < 1.29 is 28.6 Å². The summed E-state index contributed by atoms with van der Waals surface area (Å²) < 4.78 is 16.4.